The van der Waals surface area contributed by atoms with Crippen LogP contribution < -0.4 is 11.1 Å². The highest BCUT2D eigenvalue weighted by Crippen LogP contribution is 2.35. The molecular weight excluding hydrogens is 364 g/mol. The van der Waals surface area contributed by atoms with Gasteiger partial charge >= 0.3 is 0 Å². The molecule has 168 valence electrons. The Labute approximate surface area is 186 Å². The SMILES string of the molecule is C=C(N)CCC(C)(C)CCCCC(C)(C)CNC(=C)c1cccc(C2CCCC2)c1. The summed E-state index contributed by atoms with van der Waals surface area (Å²) >= 11 is 0. The molecule has 0 radical (unpaired) electrons. The number of nitrogens with two attached hydrogens (primary N) is 1. The molecular formula is C28H46N2. The Morgan fingerprint density at radius 1 is 1.00 bits per heavy atom. The molecule has 0 saturated heterocycles. The van der Waals surface area contributed by atoms with Gasteiger partial charge in [0.15, 0.2) is 0 Å². The minimum absolute atomic E-state index is 0.266. The van der Waals surface area contributed by atoms with Gasteiger partial charge in [0.1, 0.15) is 0 Å². The second kappa shape index (κ2) is 11.1. The number of hydrogen-bond donors (Lipinski definition) is 2. The van der Waals surface area contributed by atoms with Crippen molar-refractivity contribution in [2.45, 2.75) is 97.8 Å². The molecule has 0 spiro atoms. The maximum absolute atomic E-state index is 5.74. The van der Waals surface area contributed by atoms with Crippen LogP contribution in [0.1, 0.15) is 109 Å². The summed E-state index contributed by atoms with van der Waals surface area (Å²) in [5.74, 6) is 0.751. The highest BCUT2D eigenvalue weighted by Gasteiger charge is 2.21. The molecule has 2 heteroatoms. The average molecular weight is 411 g/mol. The molecule has 2 rings (SSSR count). The third kappa shape index (κ3) is 8.58. The molecule has 1 fully saturated rings. The number of allylic oxidation sites excluding steroid dienone is 1. The summed E-state index contributed by atoms with van der Waals surface area (Å²) in [6.45, 7) is 18.6. The van der Waals surface area contributed by atoms with Crippen molar-refractivity contribution in [3.8, 4) is 0 Å². The quantitative estimate of drug-likeness (QED) is 0.326. The summed E-state index contributed by atoms with van der Waals surface area (Å²) in [6, 6.07) is 9.04. The van der Waals surface area contributed by atoms with Crippen LogP contribution in [-0.4, -0.2) is 6.54 Å². The first kappa shape index (κ1) is 24.6. The van der Waals surface area contributed by atoms with Crippen LogP contribution in [0.4, 0.5) is 0 Å². The first-order valence-electron chi connectivity index (χ1n) is 12.0. The Kier molecular flexibility index (Phi) is 9.07. The summed E-state index contributed by atoms with van der Waals surface area (Å²) in [4.78, 5) is 0. The Hall–Kier alpha value is -1.70. The van der Waals surface area contributed by atoms with Crippen molar-refractivity contribution in [2.24, 2.45) is 16.6 Å². The van der Waals surface area contributed by atoms with E-state index in [1.54, 1.807) is 0 Å². The molecule has 3 N–H and O–H groups in total. The normalized spacial score (nSPS) is 15.3. The summed E-state index contributed by atoms with van der Waals surface area (Å²) in [7, 11) is 0. The first-order chi connectivity index (χ1) is 14.1. The molecule has 0 unspecified atom stereocenters. The molecule has 0 atom stereocenters. The van der Waals surface area contributed by atoms with Gasteiger partial charge in [-0.05, 0) is 72.5 Å². The van der Waals surface area contributed by atoms with Crippen molar-refractivity contribution in [2.75, 3.05) is 6.54 Å². The maximum Gasteiger partial charge on any atom is 0.0341 e. The van der Waals surface area contributed by atoms with Gasteiger partial charge in [0, 0.05) is 17.9 Å². The maximum atomic E-state index is 5.74. The van der Waals surface area contributed by atoms with Crippen molar-refractivity contribution in [1.29, 1.82) is 0 Å². The van der Waals surface area contributed by atoms with E-state index in [1.807, 2.05) is 0 Å². The molecule has 1 aliphatic rings. The number of unbranched alkanes of at least 4 members (excludes halogenated alkanes) is 1. The number of benzene rings is 1. The Bertz CT molecular complexity index is 692. The van der Waals surface area contributed by atoms with Crippen LogP contribution in [0.2, 0.25) is 0 Å². The summed E-state index contributed by atoms with van der Waals surface area (Å²) < 4.78 is 0. The second-order valence-corrected chi connectivity index (χ2v) is 11.1. The third-order valence-corrected chi connectivity index (χ3v) is 6.92. The zero-order valence-corrected chi connectivity index (χ0v) is 20.2. The molecule has 1 saturated carbocycles. The van der Waals surface area contributed by atoms with Crippen molar-refractivity contribution in [3.63, 3.8) is 0 Å². The Morgan fingerprint density at radius 3 is 2.27 bits per heavy atom. The number of nitrogens with one attached hydrogen (secondary N) is 1. The van der Waals surface area contributed by atoms with Gasteiger partial charge in [-0.2, -0.15) is 0 Å². The van der Waals surface area contributed by atoms with Crippen LogP contribution >= 0.6 is 0 Å². The molecule has 1 aliphatic carbocycles. The standard InChI is InChI=1S/C28H46N2/c1-22(29)16-19-27(3,4)17-9-10-18-28(5,6)21-30-23(2)25-14-11-15-26(20-25)24-12-7-8-13-24/h11,14-15,20,24,30H,1-2,7-10,12-13,16-19,21,29H2,3-6H3. The summed E-state index contributed by atoms with van der Waals surface area (Å²) in [6.07, 6.45) is 12.5. The predicted octanol–water partition coefficient (Wildman–Crippen LogP) is 7.77. The minimum atomic E-state index is 0.266. The van der Waals surface area contributed by atoms with Gasteiger partial charge in [-0.15, -0.1) is 0 Å². The minimum Gasteiger partial charge on any atom is -0.403 e. The fourth-order valence-electron chi connectivity index (χ4n) is 4.61. The van der Waals surface area contributed by atoms with E-state index in [0.717, 1.165) is 36.7 Å². The molecule has 0 heterocycles. The van der Waals surface area contributed by atoms with Gasteiger partial charge in [-0.25, -0.2) is 0 Å². The molecule has 0 bridgehead atoms. The lowest BCUT2D eigenvalue weighted by molar-refractivity contribution is 0.270. The van der Waals surface area contributed by atoms with Crippen molar-refractivity contribution in [3.05, 3.63) is 54.2 Å². The fourth-order valence-corrected chi connectivity index (χ4v) is 4.61. The lowest BCUT2D eigenvalue weighted by Gasteiger charge is -2.28. The van der Waals surface area contributed by atoms with Gasteiger partial charge in [0.25, 0.3) is 0 Å². The predicted molar refractivity (Wildman–Crippen MR) is 133 cm³/mol. The van der Waals surface area contributed by atoms with Crippen molar-refractivity contribution in [1.82, 2.24) is 5.32 Å². The lowest BCUT2D eigenvalue weighted by Crippen LogP contribution is -2.28. The van der Waals surface area contributed by atoms with Crippen LogP contribution in [0, 0.1) is 10.8 Å². The van der Waals surface area contributed by atoms with Crippen LogP contribution in [0.3, 0.4) is 0 Å². The van der Waals surface area contributed by atoms with E-state index in [9.17, 15) is 0 Å². The molecule has 0 aromatic heterocycles. The topological polar surface area (TPSA) is 38.0 Å². The van der Waals surface area contributed by atoms with E-state index in [0.29, 0.717) is 5.41 Å². The molecule has 2 nitrogen and oxygen atoms in total. The van der Waals surface area contributed by atoms with Gasteiger partial charge < -0.3 is 11.1 Å². The molecule has 1 aromatic carbocycles. The highest BCUT2D eigenvalue weighted by molar-refractivity contribution is 5.62. The Balaban J connectivity index is 1.74. The zero-order chi connectivity index (χ0) is 22.2. The molecule has 30 heavy (non-hydrogen) atoms. The van der Waals surface area contributed by atoms with E-state index in [1.165, 1.54) is 62.5 Å². The van der Waals surface area contributed by atoms with E-state index >= 15 is 0 Å². The van der Waals surface area contributed by atoms with Crippen molar-refractivity contribution < 1.29 is 0 Å². The van der Waals surface area contributed by atoms with Crippen LogP contribution in [0.25, 0.3) is 5.70 Å². The summed E-state index contributed by atoms with van der Waals surface area (Å²) in [5.41, 5.74) is 11.0. The van der Waals surface area contributed by atoms with E-state index in [4.69, 9.17) is 5.73 Å². The number of rotatable bonds is 13. The van der Waals surface area contributed by atoms with E-state index < -0.39 is 0 Å². The van der Waals surface area contributed by atoms with Gasteiger partial charge in [-0.3, -0.25) is 0 Å². The first-order valence-corrected chi connectivity index (χ1v) is 12.0. The summed E-state index contributed by atoms with van der Waals surface area (Å²) in [5, 5.41) is 3.63. The van der Waals surface area contributed by atoms with E-state index in [2.05, 4.69) is 70.4 Å². The highest BCUT2D eigenvalue weighted by atomic mass is 14.9. The third-order valence-electron chi connectivity index (χ3n) is 6.92. The van der Waals surface area contributed by atoms with Crippen LogP contribution in [0.5, 0.6) is 0 Å². The molecule has 0 aliphatic heterocycles. The lowest BCUT2D eigenvalue weighted by atomic mass is 9.80. The Morgan fingerprint density at radius 2 is 1.63 bits per heavy atom. The number of hydrogen-bond acceptors (Lipinski definition) is 2. The van der Waals surface area contributed by atoms with Gasteiger partial charge in [0.05, 0.1) is 0 Å². The fraction of sp³-hybridized carbons (Fsp3) is 0.643. The van der Waals surface area contributed by atoms with E-state index in [-0.39, 0.29) is 5.41 Å². The van der Waals surface area contributed by atoms with Crippen LogP contribution in [-0.2, 0) is 0 Å². The smallest absolute Gasteiger partial charge is 0.0341 e. The van der Waals surface area contributed by atoms with Crippen LogP contribution in [0.15, 0.2) is 43.1 Å². The molecule has 0 amide bonds. The van der Waals surface area contributed by atoms with Crippen molar-refractivity contribution >= 4 is 5.70 Å². The van der Waals surface area contributed by atoms with Gasteiger partial charge in [-0.1, -0.05) is 84.7 Å². The average Bonchev–Trinajstić information content (AvgIpc) is 3.23. The zero-order valence-electron chi connectivity index (χ0n) is 20.2. The monoisotopic (exact) mass is 410 g/mol. The largest absolute Gasteiger partial charge is 0.403 e. The van der Waals surface area contributed by atoms with Gasteiger partial charge in [0.2, 0.25) is 0 Å². The second-order valence-electron chi connectivity index (χ2n) is 11.1. The molecule has 1 aromatic rings.